The third-order valence-corrected chi connectivity index (χ3v) is 4.56. The van der Waals surface area contributed by atoms with E-state index in [1.54, 1.807) is 6.08 Å². The van der Waals surface area contributed by atoms with E-state index in [9.17, 15) is 5.11 Å². The molecule has 3 heteroatoms. The molecule has 0 rings (SSSR count). The number of ether oxygens (including phenoxy) is 1. The first-order valence-corrected chi connectivity index (χ1v) is 10.4. The van der Waals surface area contributed by atoms with Gasteiger partial charge in [-0.25, -0.2) is 0 Å². The highest BCUT2D eigenvalue weighted by atomic mass is 16.5. The fourth-order valence-corrected chi connectivity index (χ4v) is 2.96. The fraction of sp³-hybridized carbons (Fsp3) is 0.905. The first-order chi connectivity index (χ1) is 11.8. The van der Waals surface area contributed by atoms with Gasteiger partial charge in [-0.1, -0.05) is 90.4 Å². The van der Waals surface area contributed by atoms with E-state index in [4.69, 9.17) is 9.84 Å². The van der Waals surface area contributed by atoms with Crippen LogP contribution in [0.5, 0.6) is 0 Å². The molecule has 0 fully saturated rings. The lowest BCUT2D eigenvalue weighted by Gasteiger charge is -2.10. The Morgan fingerprint density at radius 1 is 0.750 bits per heavy atom. The highest BCUT2D eigenvalue weighted by Gasteiger charge is 2.03. The molecule has 0 radical (unpaired) electrons. The number of aliphatic hydroxyl groups excluding tert-OH is 2. The van der Waals surface area contributed by atoms with Crippen molar-refractivity contribution < 1.29 is 14.9 Å². The van der Waals surface area contributed by atoms with Gasteiger partial charge >= 0.3 is 0 Å². The van der Waals surface area contributed by atoms with Gasteiger partial charge in [-0.15, -0.1) is 0 Å². The zero-order valence-electron chi connectivity index (χ0n) is 16.1. The van der Waals surface area contributed by atoms with Gasteiger partial charge in [0.1, 0.15) is 0 Å². The SMILES string of the molecule is CCCCCCCCCCCCCCCC(O)CCOCC=CO. The summed E-state index contributed by atoms with van der Waals surface area (Å²) >= 11 is 0. The summed E-state index contributed by atoms with van der Waals surface area (Å²) < 4.78 is 5.26. The van der Waals surface area contributed by atoms with Crippen molar-refractivity contribution in [2.24, 2.45) is 0 Å². The van der Waals surface area contributed by atoms with E-state index in [0.29, 0.717) is 19.6 Å². The normalized spacial score (nSPS) is 12.9. The first kappa shape index (κ1) is 23.5. The van der Waals surface area contributed by atoms with Gasteiger partial charge in [0.05, 0.1) is 19.0 Å². The van der Waals surface area contributed by atoms with Gasteiger partial charge in [0.2, 0.25) is 0 Å². The summed E-state index contributed by atoms with van der Waals surface area (Å²) in [6, 6.07) is 0. The average Bonchev–Trinajstić information content (AvgIpc) is 2.59. The van der Waals surface area contributed by atoms with Crippen LogP contribution in [-0.4, -0.2) is 29.5 Å². The lowest BCUT2D eigenvalue weighted by Crippen LogP contribution is -2.10. The molecule has 0 saturated heterocycles. The van der Waals surface area contributed by atoms with Crippen molar-refractivity contribution in [2.75, 3.05) is 13.2 Å². The van der Waals surface area contributed by atoms with Gasteiger partial charge in [0.25, 0.3) is 0 Å². The van der Waals surface area contributed by atoms with E-state index in [1.165, 1.54) is 77.0 Å². The number of unbranched alkanes of at least 4 members (excludes halogenated alkanes) is 12. The Bertz CT molecular complexity index is 253. The molecule has 0 aliphatic heterocycles. The molecule has 2 N–H and O–H groups in total. The van der Waals surface area contributed by atoms with Crippen LogP contribution in [0, 0.1) is 0 Å². The Labute approximate surface area is 150 Å². The van der Waals surface area contributed by atoms with Crippen LogP contribution in [0.2, 0.25) is 0 Å². The number of rotatable bonds is 19. The second kappa shape index (κ2) is 20.5. The second-order valence-corrected chi connectivity index (χ2v) is 6.93. The molecule has 0 aliphatic rings. The van der Waals surface area contributed by atoms with Gasteiger partial charge in [-0.3, -0.25) is 0 Å². The molecule has 0 aromatic carbocycles. The number of aliphatic hydroxyl groups is 2. The van der Waals surface area contributed by atoms with E-state index in [-0.39, 0.29) is 6.10 Å². The fourth-order valence-electron chi connectivity index (χ4n) is 2.96. The third kappa shape index (κ3) is 19.5. The molecular formula is C21H42O3. The molecule has 0 aromatic rings. The Kier molecular flexibility index (Phi) is 20.0. The lowest BCUT2D eigenvalue weighted by atomic mass is 10.0. The smallest absolute Gasteiger partial charge is 0.0774 e. The predicted molar refractivity (Wildman–Crippen MR) is 104 cm³/mol. The summed E-state index contributed by atoms with van der Waals surface area (Å²) in [7, 11) is 0. The average molecular weight is 343 g/mol. The van der Waals surface area contributed by atoms with Crippen LogP contribution in [0.1, 0.15) is 103 Å². The number of hydrogen-bond donors (Lipinski definition) is 2. The second-order valence-electron chi connectivity index (χ2n) is 6.93. The molecule has 0 amide bonds. The van der Waals surface area contributed by atoms with Crippen LogP contribution >= 0.6 is 0 Å². The van der Waals surface area contributed by atoms with Crippen molar-refractivity contribution in [1.82, 2.24) is 0 Å². The highest BCUT2D eigenvalue weighted by Crippen LogP contribution is 2.13. The van der Waals surface area contributed by atoms with Gasteiger partial charge in [0.15, 0.2) is 0 Å². The van der Waals surface area contributed by atoms with Gasteiger partial charge < -0.3 is 14.9 Å². The summed E-state index contributed by atoms with van der Waals surface area (Å²) in [5.74, 6) is 0. The molecule has 24 heavy (non-hydrogen) atoms. The molecule has 0 heterocycles. The van der Waals surface area contributed by atoms with E-state index in [0.717, 1.165) is 19.1 Å². The monoisotopic (exact) mass is 342 g/mol. The molecule has 3 nitrogen and oxygen atoms in total. The standard InChI is InChI=1S/C21H42O3/c1-2-3-4-5-6-7-8-9-10-11-12-13-14-16-21(23)17-20-24-19-15-18-22/h15,18,21-23H,2-14,16-17,19-20H2,1H3. The van der Waals surface area contributed by atoms with Crippen molar-refractivity contribution in [3.63, 3.8) is 0 Å². The van der Waals surface area contributed by atoms with Crippen LogP contribution in [0.4, 0.5) is 0 Å². The maximum atomic E-state index is 9.84. The van der Waals surface area contributed by atoms with Crippen LogP contribution in [-0.2, 0) is 4.74 Å². The molecular weight excluding hydrogens is 300 g/mol. The van der Waals surface area contributed by atoms with Crippen molar-refractivity contribution in [2.45, 2.75) is 109 Å². The largest absolute Gasteiger partial charge is 0.516 e. The van der Waals surface area contributed by atoms with Crippen LogP contribution in [0.3, 0.4) is 0 Å². The van der Waals surface area contributed by atoms with E-state index < -0.39 is 0 Å². The maximum Gasteiger partial charge on any atom is 0.0774 e. The molecule has 0 bridgehead atoms. The minimum Gasteiger partial charge on any atom is -0.516 e. The molecule has 144 valence electrons. The van der Waals surface area contributed by atoms with Gasteiger partial charge in [-0.05, 0) is 18.9 Å². The first-order valence-electron chi connectivity index (χ1n) is 10.4. The zero-order valence-corrected chi connectivity index (χ0v) is 16.1. The summed E-state index contributed by atoms with van der Waals surface area (Å²) in [5, 5.41) is 18.3. The Morgan fingerprint density at radius 2 is 1.25 bits per heavy atom. The molecule has 1 atom stereocenters. The van der Waals surface area contributed by atoms with E-state index in [2.05, 4.69) is 6.92 Å². The molecule has 0 spiro atoms. The van der Waals surface area contributed by atoms with Crippen molar-refractivity contribution in [1.29, 1.82) is 0 Å². The molecule has 0 aliphatic carbocycles. The predicted octanol–water partition coefficient (Wildman–Crippen LogP) is 6.31. The lowest BCUT2D eigenvalue weighted by molar-refractivity contribution is 0.0886. The van der Waals surface area contributed by atoms with Crippen molar-refractivity contribution in [3.8, 4) is 0 Å². The van der Waals surface area contributed by atoms with E-state index in [1.807, 2.05) is 0 Å². The van der Waals surface area contributed by atoms with Crippen molar-refractivity contribution >= 4 is 0 Å². The minimum atomic E-state index is -0.240. The molecule has 1 unspecified atom stereocenters. The van der Waals surface area contributed by atoms with Crippen LogP contribution in [0.15, 0.2) is 12.3 Å². The Hall–Kier alpha value is -0.540. The number of hydrogen-bond acceptors (Lipinski definition) is 3. The summed E-state index contributed by atoms with van der Waals surface area (Å²) in [4.78, 5) is 0. The van der Waals surface area contributed by atoms with Gasteiger partial charge in [-0.2, -0.15) is 0 Å². The van der Waals surface area contributed by atoms with Gasteiger partial charge in [0, 0.05) is 6.61 Å². The van der Waals surface area contributed by atoms with Crippen LogP contribution < -0.4 is 0 Å². The Morgan fingerprint density at radius 3 is 1.75 bits per heavy atom. The third-order valence-electron chi connectivity index (χ3n) is 4.56. The minimum absolute atomic E-state index is 0.240. The molecule has 0 aromatic heterocycles. The maximum absolute atomic E-state index is 9.84. The topological polar surface area (TPSA) is 49.7 Å². The summed E-state index contributed by atoms with van der Waals surface area (Å²) in [5.41, 5.74) is 0. The summed E-state index contributed by atoms with van der Waals surface area (Å²) in [6.45, 7) is 3.25. The molecule has 0 saturated carbocycles. The van der Waals surface area contributed by atoms with Crippen LogP contribution in [0.25, 0.3) is 0 Å². The van der Waals surface area contributed by atoms with Crippen molar-refractivity contribution in [3.05, 3.63) is 12.3 Å². The summed E-state index contributed by atoms with van der Waals surface area (Å²) in [6.07, 6.45) is 21.5. The zero-order chi connectivity index (χ0) is 17.7. The quantitative estimate of drug-likeness (QED) is 0.214. The van der Waals surface area contributed by atoms with E-state index >= 15 is 0 Å². The Balaban J connectivity index is 3.11. The highest BCUT2D eigenvalue weighted by molar-refractivity contribution is 4.70.